The first-order valence-electron chi connectivity index (χ1n) is 4.71. The van der Waals surface area contributed by atoms with E-state index in [-0.39, 0.29) is 5.69 Å². The van der Waals surface area contributed by atoms with Crippen molar-refractivity contribution in [3.8, 4) is 5.75 Å². The third kappa shape index (κ3) is 1.46. The molecule has 0 bridgehead atoms. The van der Waals surface area contributed by atoms with E-state index in [1.807, 2.05) is 6.07 Å². The smallest absolute Gasteiger partial charge is 0.320 e. The average Bonchev–Trinajstić information content (AvgIpc) is 2.26. The molecule has 0 saturated heterocycles. The number of aromatic nitrogens is 1. The summed E-state index contributed by atoms with van der Waals surface area (Å²) in [6, 6.07) is 3.59. The maximum Gasteiger partial charge on any atom is 0.320 e. The first-order chi connectivity index (χ1) is 7.65. The van der Waals surface area contributed by atoms with Crippen molar-refractivity contribution < 1.29 is 9.66 Å². The second kappa shape index (κ2) is 3.77. The highest BCUT2D eigenvalue weighted by Crippen LogP contribution is 2.37. The molecule has 0 N–H and O–H groups in total. The van der Waals surface area contributed by atoms with E-state index in [2.05, 4.69) is 4.98 Å². The molecule has 5 heteroatoms. The number of nitrogens with zero attached hydrogens (tertiary/aromatic N) is 2. The Morgan fingerprint density at radius 1 is 1.50 bits per heavy atom. The summed E-state index contributed by atoms with van der Waals surface area (Å²) < 4.78 is 5.08. The fourth-order valence-corrected chi connectivity index (χ4v) is 1.78. The van der Waals surface area contributed by atoms with Gasteiger partial charge in [0.15, 0.2) is 0 Å². The fraction of sp³-hybridized carbons (Fsp3) is 0.182. The van der Waals surface area contributed by atoms with Crippen LogP contribution in [0.15, 0.2) is 24.5 Å². The molecule has 1 aromatic carbocycles. The summed E-state index contributed by atoms with van der Waals surface area (Å²) >= 11 is 0. The average molecular weight is 218 g/mol. The predicted octanol–water partition coefficient (Wildman–Crippen LogP) is 2.46. The van der Waals surface area contributed by atoms with Gasteiger partial charge in [-0.05, 0) is 30.0 Å². The fourth-order valence-electron chi connectivity index (χ4n) is 1.78. The summed E-state index contributed by atoms with van der Waals surface area (Å²) in [6.45, 7) is 1.78. The minimum absolute atomic E-state index is 0.0226. The van der Waals surface area contributed by atoms with Crippen molar-refractivity contribution in [1.82, 2.24) is 4.98 Å². The number of hydrogen-bond donors (Lipinski definition) is 0. The third-order valence-electron chi connectivity index (χ3n) is 2.44. The first kappa shape index (κ1) is 10.4. The molecule has 2 rings (SSSR count). The number of fused-ring (bicyclic) bond motifs is 1. The maximum atomic E-state index is 11.0. The van der Waals surface area contributed by atoms with Gasteiger partial charge in [0.05, 0.1) is 17.4 Å². The molecule has 1 heterocycles. The molecule has 16 heavy (non-hydrogen) atoms. The zero-order valence-corrected chi connectivity index (χ0v) is 8.93. The van der Waals surface area contributed by atoms with Crippen molar-refractivity contribution >= 4 is 16.5 Å². The SMILES string of the molecule is COc1c(C)cc2ccncc2c1[N+](=O)[O-]. The molecule has 0 aliphatic heterocycles. The van der Waals surface area contributed by atoms with Gasteiger partial charge in [0.25, 0.3) is 0 Å². The molecule has 0 fully saturated rings. The van der Waals surface area contributed by atoms with Crippen LogP contribution in [0.25, 0.3) is 10.8 Å². The number of benzene rings is 1. The summed E-state index contributed by atoms with van der Waals surface area (Å²) in [6.07, 6.45) is 3.09. The van der Waals surface area contributed by atoms with Crippen LogP contribution in [-0.2, 0) is 0 Å². The van der Waals surface area contributed by atoms with Crippen LogP contribution in [0.5, 0.6) is 5.75 Å². The van der Waals surface area contributed by atoms with E-state index in [1.165, 1.54) is 13.3 Å². The Morgan fingerprint density at radius 2 is 2.25 bits per heavy atom. The minimum atomic E-state index is -0.435. The standard InChI is InChI=1S/C11H10N2O3/c1-7-5-8-3-4-12-6-9(8)10(13(14)15)11(7)16-2/h3-6H,1-2H3. The lowest BCUT2D eigenvalue weighted by Gasteiger charge is -2.07. The third-order valence-corrected chi connectivity index (χ3v) is 2.44. The van der Waals surface area contributed by atoms with Crippen LogP contribution >= 0.6 is 0 Å². The number of methoxy groups -OCH3 is 1. The topological polar surface area (TPSA) is 65.3 Å². The van der Waals surface area contributed by atoms with Gasteiger partial charge >= 0.3 is 5.69 Å². The van der Waals surface area contributed by atoms with Gasteiger partial charge in [0, 0.05) is 12.4 Å². The molecule has 1 aromatic heterocycles. The monoisotopic (exact) mass is 218 g/mol. The number of ether oxygens (including phenoxy) is 1. The van der Waals surface area contributed by atoms with Gasteiger partial charge < -0.3 is 4.74 Å². The summed E-state index contributed by atoms with van der Waals surface area (Å²) in [5.74, 6) is 0.297. The van der Waals surface area contributed by atoms with Crippen molar-refractivity contribution in [2.45, 2.75) is 6.92 Å². The zero-order chi connectivity index (χ0) is 11.7. The lowest BCUT2D eigenvalue weighted by Crippen LogP contribution is -1.97. The highest BCUT2D eigenvalue weighted by Gasteiger charge is 2.21. The summed E-state index contributed by atoms with van der Waals surface area (Å²) in [7, 11) is 1.43. The molecule has 0 aliphatic rings. The van der Waals surface area contributed by atoms with Crippen molar-refractivity contribution in [3.05, 3.63) is 40.2 Å². The number of rotatable bonds is 2. The van der Waals surface area contributed by atoms with Gasteiger partial charge in [-0.1, -0.05) is 0 Å². The molecule has 0 radical (unpaired) electrons. The molecule has 2 aromatic rings. The van der Waals surface area contributed by atoms with Gasteiger partial charge in [-0.3, -0.25) is 15.1 Å². The van der Waals surface area contributed by atoms with Crippen LogP contribution in [0.1, 0.15) is 5.56 Å². The molecular formula is C11H10N2O3. The summed E-state index contributed by atoms with van der Waals surface area (Å²) in [4.78, 5) is 14.5. The second-order valence-electron chi connectivity index (χ2n) is 3.43. The Hall–Kier alpha value is -2.17. The number of pyridine rings is 1. The largest absolute Gasteiger partial charge is 0.490 e. The van der Waals surface area contributed by atoms with E-state index in [4.69, 9.17) is 4.74 Å². The van der Waals surface area contributed by atoms with Crippen molar-refractivity contribution in [3.63, 3.8) is 0 Å². The molecule has 0 atom stereocenters. The number of nitro groups is 1. The van der Waals surface area contributed by atoms with Crippen molar-refractivity contribution in [2.24, 2.45) is 0 Å². The van der Waals surface area contributed by atoms with E-state index in [0.717, 1.165) is 10.9 Å². The van der Waals surface area contributed by atoms with Gasteiger partial charge in [-0.15, -0.1) is 0 Å². The Labute approximate surface area is 91.8 Å². The highest BCUT2D eigenvalue weighted by molar-refractivity contribution is 5.93. The maximum absolute atomic E-state index is 11.0. The van der Waals surface area contributed by atoms with E-state index >= 15 is 0 Å². The van der Waals surface area contributed by atoms with Crippen molar-refractivity contribution in [2.75, 3.05) is 7.11 Å². The Kier molecular flexibility index (Phi) is 2.44. The lowest BCUT2D eigenvalue weighted by atomic mass is 10.1. The van der Waals surface area contributed by atoms with Crippen LogP contribution in [0.3, 0.4) is 0 Å². The highest BCUT2D eigenvalue weighted by atomic mass is 16.6. The predicted molar refractivity (Wildman–Crippen MR) is 59.7 cm³/mol. The number of aryl methyl sites for hydroxylation is 1. The van der Waals surface area contributed by atoms with Crippen LogP contribution in [0.2, 0.25) is 0 Å². The Bertz CT molecular complexity index is 566. The molecule has 82 valence electrons. The van der Waals surface area contributed by atoms with Gasteiger partial charge in [0.1, 0.15) is 0 Å². The Morgan fingerprint density at radius 3 is 2.88 bits per heavy atom. The quantitative estimate of drug-likeness (QED) is 0.573. The summed E-state index contributed by atoms with van der Waals surface area (Å²) in [5, 5.41) is 12.3. The van der Waals surface area contributed by atoms with E-state index < -0.39 is 4.92 Å². The van der Waals surface area contributed by atoms with Gasteiger partial charge in [-0.2, -0.15) is 0 Å². The molecular weight excluding hydrogens is 208 g/mol. The van der Waals surface area contributed by atoms with E-state index in [1.54, 1.807) is 19.2 Å². The molecule has 0 spiro atoms. The molecule has 0 aliphatic carbocycles. The van der Waals surface area contributed by atoms with Crippen LogP contribution in [0.4, 0.5) is 5.69 Å². The first-order valence-corrected chi connectivity index (χ1v) is 4.71. The van der Waals surface area contributed by atoms with Crippen LogP contribution in [0, 0.1) is 17.0 Å². The van der Waals surface area contributed by atoms with E-state index in [9.17, 15) is 10.1 Å². The van der Waals surface area contributed by atoms with E-state index in [0.29, 0.717) is 11.1 Å². The minimum Gasteiger partial charge on any atom is -0.490 e. The normalized spacial score (nSPS) is 10.4. The molecule has 0 unspecified atom stereocenters. The van der Waals surface area contributed by atoms with Crippen LogP contribution in [-0.4, -0.2) is 17.0 Å². The zero-order valence-electron chi connectivity index (χ0n) is 8.93. The number of nitro benzene ring substituents is 1. The molecule has 5 nitrogen and oxygen atoms in total. The van der Waals surface area contributed by atoms with Gasteiger partial charge in [0.2, 0.25) is 5.75 Å². The summed E-state index contributed by atoms with van der Waals surface area (Å²) in [5.41, 5.74) is 0.721. The molecule has 0 amide bonds. The molecule has 0 saturated carbocycles. The van der Waals surface area contributed by atoms with Crippen molar-refractivity contribution in [1.29, 1.82) is 0 Å². The Balaban J connectivity index is 2.93. The van der Waals surface area contributed by atoms with Crippen LogP contribution < -0.4 is 4.74 Å². The van der Waals surface area contributed by atoms with Gasteiger partial charge in [-0.25, -0.2) is 0 Å². The number of hydrogen-bond acceptors (Lipinski definition) is 4. The lowest BCUT2D eigenvalue weighted by molar-refractivity contribution is -0.384. The second-order valence-corrected chi connectivity index (χ2v) is 3.43.